The summed E-state index contributed by atoms with van der Waals surface area (Å²) in [5, 5.41) is 1.14. The average Bonchev–Trinajstić information content (AvgIpc) is 2.91. The number of carbonyl (C=O) groups is 1. The first kappa shape index (κ1) is 14.1. The third-order valence-electron chi connectivity index (χ3n) is 4.52. The van der Waals surface area contributed by atoms with Gasteiger partial charge < -0.3 is 14.6 Å². The highest BCUT2D eigenvalue weighted by Crippen LogP contribution is 2.25. The number of nitrogens with one attached hydrogen (secondary N) is 1. The number of nitrogens with zero attached hydrogens (tertiary/aromatic N) is 1. The maximum Gasteiger partial charge on any atom is 0.227 e. The van der Waals surface area contributed by atoms with Crippen LogP contribution >= 0.6 is 0 Å². The number of carbonyl (C=O) groups excluding carboxylic acids is 1. The second-order valence-electron chi connectivity index (χ2n) is 6.11. The number of aromatic nitrogens is 1. The second-order valence-corrected chi connectivity index (χ2v) is 6.11. The van der Waals surface area contributed by atoms with Gasteiger partial charge >= 0.3 is 0 Å². The van der Waals surface area contributed by atoms with Gasteiger partial charge in [-0.3, -0.25) is 4.79 Å². The Morgan fingerprint density at radius 3 is 3.05 bits per heavy atom. The molecule has 2 aromatic rings. The van der Waals surface area contributed by atoms with Crippen LogP contribution in [0.2, 0.25) is 0 Å². The number of fused-ring (bicyclic) bond motifs is 1. The number of benzene rings is 1. The lowest BCUT2D eigenvalue weighted by Gasteiger charge is -2.39. The molecule has 2 heterocycles. The molecule has 4 nitrogen and oxygen atoms in total. The van der Waals surface area contributed by atoms with E-state index in [1.165, 1.54) is 0 Å². The summed E-state index contributed by atoms with van der Waals surface area (Å²) < 4.78 is 5.56. The lowest BCUT2D eigenvalue weighted by Crippen LogP contribution is -2.50. The molecular weight excluding hydrogens is 264 g/mol. The Balaban J connectivity index is 1.74. The molecule has 0 aliphatic carbocycles. The predicted molar refractivity (Wildman–Crippen MR) is 83.2 cm³/mol. The fourth-order valence-corrected chi connectivity index (χ4v) is 3.14. The van der Waals surface area contributed by atoms with Crippen molar-refractivity contribution < 1.29 is 9.53 Å². The number of para-hydroxylation sites is 1. The van der Waals surface area contributed by atoms with Crippen LogP contribution in [0.5, 0.6) is 0 Å². The molecule has 1 fully saturated rings. The van der Waals surface area contributed by atoms with E-state index in [0.29, 0.717) is 13.0 Å². The average molecular weight is 286 g/mol. The van der Waals surface area contributed by atoms with E-state index < -0.39 is 0 Å². The van der Waals surface area contributed by atoms with Crippen LogP contribution in [0, 0.1) is 0 Å². The Kier molecular flexibility index (Phi) is 3.72. The smallest absolute Gasteiger partial charge is 0.227 e. The van der Waals surface area contributed by atoms with E-state index >= 15 is 0 Å². The molecule has 1 atom stereocenters. The molecule has 3 rings (SSSR count). The van der Waals surface area contributed by atoms with Crippen LogP contribution in [-0.2, 0) is 16.0 Å². The lowest BCUT2D eigenvalue weighted by atomic mass is 9.94. The second kappa shape index (κ2) is 5.53. The number of hydrogen-bond donors (Lipinski definition) is 1. The van der Waals surface area contributed by atoms with Crippen molar-refractivity contribution >= 4 is 16.8 Å². The molecule has 0 saturated carbocycles. The van der Waals surface area contributed by atoms with Gasteiger partial charge in [0.1, 0.15) is 0 Å². The van der Waals surface area contributed by atoms with Crippen molar-refractivity contribution in [1.29, 1.82) is 0 Å². The van der Waals surface area contributed by atoms with E-state index in [1.807, 2.05) is 29.3 Å². The summed E-state index contributed by atoms with van der Waals surface area (Å²) in [4.78, 5) is 17.7. The summed E-state index contributed by atoms with van der Waals surface area (Å²) in [5.74, 6) is 0.183. The molecule has 21 heavy (non-hydrogen) atoms. The summed E-state index contributed by atoms with van der Waals surface area (Å²) in [6.07, 6.45) is 4.41. The van der Waals surface area contributed by atoms with Crippen molar-refractivity contribution in [2.45, 2.75) is 31.8 Å². The molecule has 1 unspecified atom stereocenters. The number of piperidine rings is 1. The van der Waals surface area contributed by atoms with E-state index in [9.17, 15) is 4.79 Å². The van der Waals surface area contributed by atoms with E-state index in [0.717, 1.165) is 35.9 Å². The fraction of sp³-hybridized carbons (Fsp3) is 0.471. The largest absolute Gasteiger partial charge is 0.377 e. The summed E-state index contributed by atoms with van der Waals surface area (Å²) in [5.41, 5.74) is 1.95. The first-order chi connectivity index (χ1) is 10.1. The summed E-state index contributed by atoms with van der Waals surface area (Å²) in [6, 6.07) is 8.10. The van der Waals surface area contributed by atoms with Crippen molar-refractivity contribution in [3.63, 3.8) is 0 Å². The quantitative estimate of drug-likeness (QED) is 0.943. The Morgan fingerprint density at radius 1 is 1.43 bits per heavy atom. The van der Waals surface area contributed by atoms with Crippen LogP contribution in [0.4, 0.5) is 0 Å². The molecule has 0 spiro atoms. The van der Waals surface area contributed by atoms with E-state index in [2.05, 4.69) is 18.0 Å². The van der Waals surface area contributed by atoms with E-state index in [-0.39, 0.29) is 11.5 Å². The molecule has 112 valence electrons. The topological polar surface area (TPSA) is 45.3 Å². The molecular formula is C17H22N2O2. The van der Waals surface area contributed by atoms with Gasteiger partial charge in [0.05, 0.1) is 12.0 Å². The van der Waals surface area contributed by atoms with E-state index in [4.69, 9.17) is 4.74 Å². The number of aromatic amines is 1. The molecule has 0 bridgehead atoms. The first-order valence-corrected chi connectivity index (χ1v) is 7.49. The van der Waals surface area contributed by atoms with Gasteiger partial charge in [-0.15, -0.1) is 0 Å². The molecule has 1 N–H and O–H groups in total. The van der Waals surface area contributed by atoms with Crippen LogP contribution in [0.3, 0.4) is 0 Å². The monoisotopic (exact) mass is 286 g/mol. The number of ether oxygens (including phenoxy) is 1. The van der Waals surface area contributed by atoms with Crippen molar-refractivity contribution in [2.75, 3.05) is 20.2 Å². The molecule has 1 aromatic heterocycles. The van der Waals surface area contributed by atoms with Gasteiger partial charge in [0, 0.05) is 37.3 Å². The predicted octanol–water partition coefficient (Wildman–Crippen LogP) is 2.74. The minimum atomic E-state index is -0.200. The van der Waals surface area contributed by atoms with Crippen LogP contribution in [0.25, 0.3) is 10.9 Å². The third-order valence-corrected chi connectivity index (χ3v) is 4.52. The highest BCUT2D eigenvalue weighted by atomic mass is 16.5. The molecule has 1 amide bonds. The van der Waals surface area contributed by atoms with Gasteiger partial charge in [-0.05, 0) is 31.4 Å². The number of rotatable bonds is 3. The highest BCUT2D eigenvalue weighted by molar-refractivity contribution is 5.88. The Hall–Kier alpha value is -1.81. The number of likely N-dealkylation sites (tertiary alicyclic amines) is 1. The molecule has 1 aliphatic heterocycles. The maximum absolute atomic E-state index is 12.6. The number of H-pyrrole nitrogens is 1. The van der Waals surface area contributed by atoms with Crippen molar-refractivity contribution in [2.24, 2.45) is 0 Å². The number of methoxy groups -OCH3 is 1. The van der Waals surface area contributed by atoms with Gasteiger partial charge in [0.15, 0.2) is 0 Å². The van der Waals surface area contributed by atoms with Gasteiger partial charge in [0.2, 0.25) is 5.91 Å². The van der Waals surface area contributed by atoms with Crippen LogP contribution in [-0.4, -0.2) is 41.6 Å². The molecule has 0 radical (unpaired) electrons. The Bertz CT molecular complexity index is 649. The highest BCUT2D eigenvalue weighted by Gasteiger charge is 2.32. The van der Waals surface area contributed by atoms with Gasteiger partial charge in [0.25, 0.3) is 0 Å². The third kappa shape index (κ3) is 2.81. The van der Waals surface area contributed by atoms with Gasteiger partial charge in [-0.25, -0.2) is 0 Å². The molecule has 4 heteroatoms. The fourth-order valence-electron chi connectivity index (χ4n) is 3.14. The lowest BCUT2D eigenvalue weighted by molar-refractivity contribution is -0.138. The molecule has 1 saturated heterocycles. The zero-order valence-corrected chi connectivity index (χ0v) is 12.7. The van der Waals surface area contributed by atoms with E-state index in [1.54, 1.807) is 7.11 Å². The van der Waals surface area contributed by atoms with Crippen molar-refractivity contribution in [3.8, 4) is 0 Å². The number of amides is 1. The minimum absolute atomic E-state index is 0.183. The van der Waals surface area contributed by atoms with Gasteiger partial charge in [-0.2, -0.15) is 0 Å². The molecule has 1 aromatic carbocycles. The zero-order chi connectivity index (χ0) is 14.9. The maximum atomic E-state index is 12.6. The van der Waals surface area contributed by atoms with Crippen LogP contribution < -0.4 is 0 Å². The van der Waals surface area contributed by atoms with Crippen LogP contribution in [0.15, 0.2) is 30.5 Å². The van der Waals surface area contributed by atoms with Crippen molar-refractivity contribution in [1.82, 2.24) is 9.88 Å². The summed E-state index contributed by atoms with van der Waals surface area (Å²) in [6.45, 7) is 3.60. The van der Waals surface area contributed by atoms with Gasteiger partial charge in [-0.1, -0.05) is 18.2 Å². The Labute approximate surface area is 125 Å². The summed E-state index contributed by atoms with van der Waals surface area (Å²) in [7, 11) is 1.73. The first-order valence-electron chi connectivity index (χ1n) is 7.49. The normalized spacial score (nSPS) is 22.7. The zero-order valence-electron chi connectivity index (χ0n) is 12.7. The van der Waals surface area contributed by atoms with Crippen LogP contribution in [0.1, 0.15) is 25.3 Å². The van der Waals surface area contributed by atoms with Crippen molar-refractivity contribution in [3.05, 3.63) is 36.0 Å². The number of hydrogen-bond acceptors (Lipinski definition) is 2. The summed E-state index contributed by atoms with van der Waals surface area (Å²) >= 11 is 0. The molecule has 1 aliphatic rings. The Morgan fingerprint density at radius 2 is 2.24 bits per heavy atom. The standard InChI is InChI=1S/C17H22N2O2/c1-17(21-2)8-5-9-19(12-17)16(20)10-13-11-18-15-7-4-3-6-14(13)15/h3-4,6-7,11,18H,5,8-10,12H2,1-2H3. The SMILES string of the molecule is COC1(C)CCCN(C(=O)Cc2c[nH]c3ccccc23)C1. The minimum Gasteiger partial charge on any atom is -0.377 e.